The minimum Gasteiger partial charge on any atom is -0.326 e. The van der Waals surface area contributed by atoms with Crippen LogP contribution in [-0.2, 0) is 16.0 Å². The molecule has 0 radical (unpaired) electrons. The molecular formula is C35H54N2O2. The third kappa shape index (κ3) is 9.22. The molecule has 0 atom stereocenters. The third-order valence-corrected chi connectivity index (χ3v) is 7.46. The summed E-state index contributed by atoms with van der Waals surface area (Å²) in [7, 11) is 0. The third-order valence-electron chi connectivity index (χ3n) is 7.46. The van der Waals surface area contributed by atoms with E-state index in [-0.39, 0.29) is 11.8 Å². The molecule has 39 heavy (non-hydrogen) atoms. The second-order valence-corrected chi connectivity index (χ2v) is 12.4. The smallest absolute Gasteiger partial charge is 0.224 e. The molecule has 4 heteroatoms. The van der Waals surface area contributed by atoms with E-state index in [1.54, 1.807) is 0 Å². The lowest BCUT2D eigenvalue weighted by Gasteiger charge is -2.24. The fourth-order valence-corrected chi connectivity index (χ4v) is 5.13. The SMILES string of the molecule is CCCCC(=O)Nc1c(C(C)C)cc(Cc2cc(C(C)C)c(NC(=O)CCCC)c(C(C)C)c2)cc1C(C)C. The highest BCUT2D eigenvalue weighted by molar-refractivity contribution is 5.93. The van der Waals surface area contributed by atoms with E-state index in [9.17, 15) is 9.59 Å². The molecule has 2 rings (SSSR count). The molecule has 0 unspecified atom stereocenters. The van der Waals surface area contributed by atoms with Gasteiger partial charge in [-0.2, -0.15) is 0 Å². The quantitative estimate of drug-likeness (QED) is 0.253. The molecule has 0 aromatic heterocycles. The topological polar surface area (TPSA) is 58.2 Å². The van der Waals surface area contributed by atoms with Crippen LogP contribution in [0.3, 0.4) is 0 Å². The zero-order chi connectivity index (χ0) is 29.3. The molecule has 0 aliphatic carbocycles. The van der Waals surface area contributed by atoms with Crippen molar-refractivity contribution in [1.82, 2.24) is 0 Å². The van der Waals surface area contributed by atoms with Crippen LogP contribution in [0.2, 0.25) is 0 Å². The summed E-state index contributed by atoms with van der Waals surface area (Å²) in [5.74, 6) is 1.38. The number of hydrogen-bond acceptors (Lipinski definition) is 2. The molecule has 0 heterocycles. The van der Waals surface area contributed by atoms with Gasteiger partial charge in [0.25, 0.3) is 0 Å². The van der Waals surface area contributed by atoms with E-state index >= 15 is 0 Å². The fourth-order valence-electron chi connectivity index (χ4n) is 5.13. The summed E-state index contributed by atoms with van der Waals surface area (Å²) < 4.78 is 0. The number of rotatable bonds is 14. The molecule has 0 aliphatic rings. The first-order chi connectivity index (χ1) is 18.4. The molecule has 0 bridgehead atoms. The average molecular weight is 535 g/mol. The second-order valence-electron chi connectivity index (χ2n) is 12.4. The Hall–Kier alpha value is -2.62. The maximum Gasteiger partial charge on any atom is 0.224 e. The molecule has 2 amide bonds. The minimum absolute atomic E-state index is 0.105. The van der Waals surface area contributed by atoms with Crippen LogP contribution in [0.4, 0.5) is 11.4 Å². The molecule has 2 aromatic rings. The van der Waals surface area contributed by atoms with Gasteiger partial charge in [0.05, 0.1) is 0 Å². The monoisotopic (exact) mass is 534 g/mol. The summed E-state index contributed by atoms with van der Waals surface area (Å²) in [5.41, 5.74) is 9.34. The Morgan fingerprint density at radius 1 is 0.564 bits per heavy atom. The molecule has 0 fully saturated rings. The van der Waals surface area contributed by atoms with Gasteiger partial charge in [0.15, 0.2) is 0 Å². The Labute approximate surface area is 238 Å². The van der Waals surface area contributed by atoms with Gasteiger partial charge in [0.1, 0.15) is 0 Å². The Kier molecular flexibility index (Phi) is 12.7. The minimum atomic E-state index is 0.105. The Bertz CT molecular complexity index is 966. The Morgan fingerprint density at radius 3 is 1.08 bits per heavy atom. The first kappa shape index (κ1) is 32.6. The van der Waals surface area contributed by atoms with Gasteiger partial charge in [0.2, 0.25) is 11.8 Å². The van der Waals surface area contributed by atoms with Crippen LogP contribution >= 0.6 is 0 Å². The summed E-state index contributed by atoms with van der Waals surface area (Å²) in [5, 5.41) is 6.55. The molecule has 4 nitrogen and oxygen atoms in total. The van der Waals surface area contributed by atoms with E-state index in [1.165, 1.54) is 33.4 Å². The van der Waals surface area contributed by atoms with Crippen LogP contribution in [0.25, 0.3) is 0 Å². The maximum absolute atomic E-state index is 12.7. The van der Waals surface area contributed by atoms with Gasteiger partial charge in [0, 0.05) is 24.2 Å². The van der Waals surface area contributed by atoms with Gasteiger partial charge in [-0.25, -0.2) is 0 Å². The zero-order valence-corrected chi connectivity index (χ0v) is 26.4. The van der Waals surface area contributed by atoms with Gasteiger partial charge in [-0.1, -0.05) is 106 Å². The highest BCUT2D eigenvalue weighted by Gasteiger charge is 2.21. The van der Waals surface area contributed by atoms with Crippen molar-refractivity contribution in [3.63, 3.8) is 0 Å². The van der Waals surface area contributed by atoms with Crippen molar-refractivity contribution in [3.05, 3.63) is 57.6 Å². The lowest BCUT2D eigenvalue weighted by atomic mass is 9.86. The summed E-state index contributed by atoms with van der Waals surface area (Å²) in [4.78, 5) is 25.4. The van der Waals surface area contributed by atoms with Gasteiger partial charge in [-0.05, 0) is 76.3 Å². The van der Waals surface area contributed by atoms with Crippen LogP contribution in [0, 0.1) is 0 Å². The van der Waals surface area contributed by atoms with E-state index in [0.29, 0.717) is 36.5 Å². The fraction of sp³-hybridized carbons (Fsp3) is 0.600. The number of carbonyl (C=O) groups excluding carboxylic acids is 2. The normalized spacial score (nSPS) is 11.6. The van der Waals surface area contributed by atoms with Gasteiger partial charge < -0.3 is 10.6 Å². The maximum atomic E-state index is 12.7. The number of nitrogens with one attached hydrogen (secondary N) is 2. The summed E-state index contributed by atoms with van der Waals surface area (Å²) in [6.07, 6.45) is 5.77. The lowest BCUT2D eigenvalue weighted by molar-refractivity contribution is -0.117. The summed E-state index contributed by atoms with van der Waals surface area (Å²) in [6, 6.07) is 9.15. The van der Waals surface area contributed by atoms with Crippen LogP contribution < -0.4 is 10.6 Å². The highest BCUT2D eigenvalue weighted by atomic mass is 16.2. The number of carbonyl (C=O) groups is 2. The number of anilines is 2. The van der Waals surface area contributed by atoms with Crippen LogP contribution in [0.5, 0.6) is 0 Å². The van der Waals surface area contributed by atoms with Gasteiger partial charge >= 0.3 is 0 Å². The van der Waals surface area contributed by atoms with Crippen LogP contribution in [0.1, 0.15) is 165 Å². The predicted molar refractivity (Wildman–Crippen MR) is 168 cm³/mol. The zero-order valence-electron chi connectivity index (χ0n) is 26.4. The average Bonchev–Trinajstić information content (AvgIpc) is 2.86. The standard InChI is InChI=1S/C35H54N2O2/c1-11-13-15-32(38)36-34-28(22(3)4)18-26(19-29(34)23(5)6)17-27-20-30(24(7)8)35(31(21-27)25(9)10)37-33(39)16-14-12-2/h18-25H,11-17H2,1-10H3,(H,36,38)(H,37,39). The number of unbranched alkanes of at least 4 members (excludes halogenated alkanes) is 2. The molecule has 0 saturated heterocycles. The van der Waals surface area contributed by atoms with Crippen molar-refractivity contribution in [2.45, 2.75) is 138 Å². The van der Waals surface area contributed by atoms with Crippen molar-refractivity contribution in [2.75, 3.05) is 10.6 Å². The van der Waals surface area contributed by atoms with Crippen molar-refractivity contribution in [2.24, 2.45) is 0 Å². The van der Waals surface area contributed by atoms with Crippen molar-refractivity contribution in [1.29, 1.82) is 0 Å². The molecule has 0 saturated carbocycles. The molecule has 2 N–H and O–H groups in total. The lowest BCUT2D eigenvalue weighted by Crippen LogP contribution is -2.16. The van der Waals surface area contributed by atoms with E-state index in [2.05, 4.69) is 104 Å². The largest absolute Gasteiger partial charge is 0.326 e. The van der Waals surface area contributed by atoms with E-state index in [0.717, 1.165) is 43.5 Å². The van der Waals surface area contributed by atoms with E-state index in [1.807, 2.05) is 0 Å². The number of amides is 2. The first-order valence-corrected chi connectivity index (χ1v) is 15.3. The van der Waals surface area contributed by atoms with Crippen LogP contribution in [0.15, 0.2) is 24.3 Å². The number of benzene rings is 2. The molecule has 0 spiro atoms. The Balaban J connectivity index is 2.57. The summed E-state index contributed by atoms with van der Waals surface area (Å²) in [6.45, 7) is 21.9. The van der Waals surface area contributed by atoms with Crippen molar-refractivity contribution >= 4 is 23.2 Å². The second kappa shape index (κ2) is 15.2. The molecule has 216 valence electrons. The van der Waals surface area contributed by atoms with Gasteiger partial charge in [-0.3, -0.25) is 9.59 Å². The van der Waals surface area contributed by atoms with Crippen molar-refractivity contribution in [3.8, 4) is 0 Å². The van der Waals surface area contributed by atoms with Gasteiger partial charge in [-0.15, -0.1) is 0 Å². The van der Waals surface area contributed by atoms with Crippen molar-refractivity contribution < 1.29 is 9.59 Å². The first-order valence-electron chi connectivity index (χ1n) is 15.3. The highest BCUT2D eigenvalue weighted by Crippen LogP contribution is 2.37. The molecule has 2 aromatic carbocycles. The predicted octanol–water partition coefficient (Wildman–Crippen LogP) is 10.0. The summed E-state index contributed by atoms with van der Waals surface area (Å²) >= 11 is 0. The molecular weight excluding hydrogens is 480 g/mol. The van der Waals surface area contributed by atoms with E-state index < -0.39 is 0 Å². The van der Waals surface area contributed by atoms with E-state index in [4.69, 9.17) is 0 Å². The number of hydrogen-bond donors (Lipinski definition) is 2. The molecule has 0 aliphatic heterocycles. The Morgan fingerprint density at radius 2 is 0.846 bits per heavy atom. The van der Waals surface area contributed by atoms with Crippen LogP contribution in [-0.4, -0.2) is 11.8 Å².